The predicted molar refractivity (Wildman–Crippen MR) is 234 cm³/mol. The molecule has 0 spiro atoms. The molecule has 0 aliphatic carbocycles. The summed E-state index contributed by atoms with van der Waals surface area (Å²) in [5.74, 6) is 0. The highest BCUT2D eigenvalue weighted by Gasteiger charge is 2.26. The van der Waals surface area contributed by atoms with Crippen LogP contribution in [-0.2, 0) is 5.41 Å². The lowest BCUT2D eigenvalue weighted by Crippen LogP contribution is -2.11. The quantitative estimate of drug-likeness (QED) is 0.173. The van der Waals surface area contributed by atoms with Gasteiger partial charge in [-0.05, 0) is 89.3 Å². The number of rotatable bonds is 4. The lowest BCUT2D eigenvalue weighted by Gasteiger charge is -2.21. The van der Waals surface area contributed by atoms with E-state index in [9.17, 15) is 0 Å². The first-order chi connectivity index (χ1) is 27.0. The normalized spacial score (nSPS) is 12.3. The number of nitrogens with zero attached hydrogens (tertiary/aromatic N) is 3. The van der Waals surface area contributed by atoms with Crippen LogP contribution >= 0.6 is 0 Å². The first-order valence-electron chi connectivity index (χ1n) is 19.2. The fraction of sp³-hybridized carbons (Fsp3) is 0.0769. The zero-order valence-electron chi connectivity index (χ0n) is 31.2. The van der Waals surface area contributed by atoms with Crippen LogP contribution in [0.15, 0.2) is 182 Å². The summed E-state index contributed by atoms with van der Waals surface area (Å²) < 4.78 is 7.35. The third-order valence-corrected chi connectivity index (χ3v) is 11.6. The van der Waals surface area contributed by atoms with E-state index in [4.69, 9.17) is 0 Å². The summed E-state index contributed by atoms with van der Waals surface area (Å²) in [6, 6.07) is 66.7. The van der Waals surface area contributed by atoms with Crippen molar-refractivity contribution in [1.82, 2.24) is 13.7 Å². The summed E-state index contributed by atoms with van der Waals surface area (Å²) in [5.41, 5.74) is 14.5. The summed E-state index contributed by atoms with van der Waals surface area (Å²) in [5, 5.41) is 7.69. The first kappa shape index (κ1) is 31.7. The molecule has 0 unspecified atom stereocenters. The molecule has 0 N–H and O–H groups in total. The summed E-state index contributed by atoms with van der Waals surface area (Å²) >= 11 is 0. The van der Waals surface area contributed by atoms with E-state index in [2.05, 4.69) is 216 Å². The number of aromatic nitrogens is 3. The molecule has 8 aromatic carbocycles. The van der Waals surface area contributed by atoms with Gasteiger partial charge in [0.25, 0.3) is 0 Å². The van der Waals surface area contributed by atoms with Crippen LogP contribution in [-0.4, -0.2) is 13.7 Å². The number of benzene rings is 8. The second-order valence-corrected chi connectivity index (χ2v) is 15.8. The van der Waals surface area contributed by atoms with Crippen LogP contribution in [0.25, 0.3) is 93.6 Å². The van der Waals surface area contributed by atoms with E-state index in [0.717, 1.165) is 0 Å². The van der Waals surface area contributed by atoms with E-state index in [1.165, 1.54) is 99.2 Å². The van der Waals surface area contributed by atoms with Gasteiger partial charge in [0.2, 0.25) is 0 Å². The third-order valence-electron chi connectivity index (χ3n) is 11.6. The zero-order chi connectivity index (χ0) is 36.8. The molecule has 0 fully saturated rings. The Kier molecular flexibility index (Phi) is 6.81. The molecule has 3 heteroatoms. The van der Waals surface area contributed by atoms with Gasteiger partial charge in [-0.15, -0.1) is 0 Å². The summed E-state index contributed by atoms with van der Waals surface area (Å²) in [4.78, 5) is 0. The van der Waals surface area contributed by atoms with Gasteiger partial charge >= 0.3 is 0 Å². The zero-order valence-corrected chi connectivity index (χ0v) is 31.2. The number of hydrogen-bond donors (Lipinski definition) is 0. The molecule has 262 valence electrons. The Morgan fingerprint density at radius 1 is 0.345 bits per heavy atom. The Bertz CT molecular complexity index is 3280. The molecule has 0 aliphatic heterocycles. The first-order valence-corrected chi connectivity index (χ1v) is 19.2. The second kappa shape index (κ2) is 11.8. The van der Waals surface area contributed by atoms with Crippen molar-refractivity contribution in [2.45, 2.75) is 26.2 Å². The van der Waals surface area contributed by atoms with Crippen LogP contribution < -0.4 is 0 Å². The minimum absolute atomic E-state index is 0.0733. The topological polar surface area (TPSA) is 14.8 Å². The largest absolute Gasteiger partial charge is 0.309 e. The van der Waals surface area contributed by atoms with E-state index in [1.54, 1.807) is 0 Å². The Labute approximate surface area is 319 Å². The molecule has 0 saturated carbocycles. The highest BCUT2D eigenvalue weighted by molar-refractivity contribution is 6.29. The molecular weight excluding hydrogens is 667 g/mol. The number of para-hydroxylation sites is 5. The van der Waals surface area contributed by atoms with E-state index < -0.39 is 0 Å². The van der Waals surface area contributed by atoms with Crippen LogP contribution in [0.2, 0.25) is 0 Å². The van der Waals surface area contributed by atoms with Gasteiger partial charge in [-0.2, -0.15) is 0 Å². The maximum absolute atomic E-state index is 2.53. The average Bonchev–Trinajstić information content (AvgIpc) is 3.86. The summed E-state index contributed by atoms with van der Waals surface area (Å²) in [6.07, 6.45) is 0. The Morgan fingerprint density at radius 3 is 1.56 bits per heavy atom. The molecule has 3 aromatic heterocycles. The van der Waals surface area contributed by atoms with Crippen LogP contribution in [0.4, 0.5) is 0 Å². The standard InChI is InChI=1S/C52H39N3/c1-52(2,3)41-24-16-28-46-50(41)51-48(32-31-47-49(51)39-23-12-15-27-44(39)54(47)36-19-8-5-9-20-36)55(46)42-25-13-10-21-37(42)34-29-30-45-40(33-34)38-22-11-14-26-43(38)53(45)35-17-6-4-7-18-35/h4-33H,1-3H3. The molecule has 0 atom stereocenters. The van der Waals surface area contributed by atoms with Gasteiger partial charge in [-0.3, -0.25) is 0 Å². The van der Waals surface area contributed by atoms with Gasteiger partial charge in [0.05, 0.1) is 38.8 Å². The molecule has 0 bridgehead atoms. The van der Waals surface area contributed by atoms with Gasteiger partial charge in [0, 0.05) is 49.3 Å². The third kappa shape index (κ3) is 4.63. The molecule has 0 saturated heterocycles. The second-order valence-electron chi connectivity index (χ2n) is 15.8. The van der Waals surface area contributed by atoms with E-state index in [-0.39, 0.29) is 5.41 Å². The number of hydrogen-bond acceptors (Lipinski definition) is 0. The molecule has 11 rings (SSSR count). The van der Waals surface area contributed by atoms with Crippen molar-refractivity contribution in [2.24, 2.45) is 0 Å². The fourth-order valence-corrected chi connectivity index (χ4v) is 9.26. The van der Waals surface area contributed by atoms with Crippen molar-refractivity contribution in [3.63, 3.8) is 0 Å². The van der Waals surface area contributed by atoms with Crippen LogP contribution in [0, 0.1) is 0 Å². The smallest absolute Gasteiger partial charge is 0.0549 e. The van der Waals surface area contributed by atoms with Gasteiger partial charge in [-0.1, -0.05) is 130 Å². The average molecular weight is 706 g/mol. The van der Waals surface area contributed by atoms with Crippen molar-refractivity contribution in [2.75, 3.05) is 0 Å². The minimum Gasteiger partial charge on any atom is -0.309 e. The Balaban J connectivity index is 1.24. The van der Waals surface area contributed by atoms with Crippen LogP contribution in [0.1, 0.15) is 26.3 Å². The van der Waals surface area contributed by atoms with Crippen LogP contribution in [0.5, 0.6) is 0 Å². The summed E-state index contributed by atoms with van der Waals surface area (Å²) in [6.45, 7) is 7.02. The van der Waals surface area contributed by atoms with E-state index in [1.807, 2.05) is 0 Å². The number of fused-ring (bicyclic) bond motifs is 10. The minimum atomic E-state index is -0.0733. The van der Waals surface area contributed by atoms with Gasteiger partial charge in [0.15, 0.2) is 0 Å². The van der Waals surface area contributed by atoms with Crippen molar-refractivity contribution in [1.29, 1.82) is 0 Å². The Morgan fingerprint density at radius 2 is 0.855 bits per heavy atom. The molecule has 3 heterocycles. The lowest BCUT2D eigenvalue weighted by molar-refractivity contribution is 0.596. The van der Waals surface area contributed by atoms with Crippen molar-refractivity contribution < 1.29 is 0 Å². The van der Waals surface area contributed by atoms with Crippen LogP contribution in [0.3, 0.4) is 0 Å². The maximum atomic E-state index is 2.53. The van der Waals surface area contributed by atoms with Crippen molar-refractivity contribution in [3.05, 3.63) is 188 Å². The highest BCUT2D eigenvalue weighted by Crippen LogP contribution is 2.46. The molecule has 3 nitrogen and oxygen atoms in total. The molecule has 0 radical (unpaired) electrons. The van der Waals surface area contributed by atoms with Gasteiger partial charge in [-0.25, -0.2) is 0 Å². The Hall–Kier alpha value is -6.84. The monoisotopic (exact) mass is 705 g/mol. The predicted octanol–water partition coefficient (Wildman–Crippen LogP) is 13.9. The van der Waals surface area contributed by atoms with E-state index >= 15 is 0 Å². The van der Waals surface area contributed by atoms with E-state index in [0.29, 0.717) is 0 Å². The molecule has 55 heavy (non-hydrogen) atoms. The molecule has 0 amide bonds. The SMILES string of the molecule is CC(C)(C)c1cccc2c1c1c3c4ccccc4n(-c4ccccc4)c3ccc1n2-c1ccccc1-c1ccc2c(c1)c1ccccc1n2-c1ccccc1. The van der Waals surface area contributed by atoms with Gasteiger partial charge < -0.3 is 13.7 Å². The van der Waals surface area contributed by atoms with Crippen molar-refractivity contribution >= 4 is 65.4 Å². The lowest BCUT2D eigenvalue weighted by atomic mass is 9.84. The van der Waals surface area contributed by atoms with Crippen molar-refractivity contribution in [3.8, 4) is 28.2 Å². The molecule has 11 aromatic rings. The maximum Gasteiger partial charge on any atom is 0.0549 e. The van der Waals surface area contributed by atoms with Gasteiger partial charge in [0.1, 0.15) is 0 Å². The summed E-state index contributed by atoms with van der Waals surface area (Å²) in [7, 11) is 0. The molecule has 0 aliphatic rings. The fourth-order valence-electron chi connectivity index (χ4n) is 9.26. The molecular formula is C52H39N3. The highest BCUT2D eigenvalue weighted by atomic mass is 15.0.